The van der Waals surface area contributed by atoms with Crippen LogP contribution in [-0.4, -0.2) is 217 Å². The topological polar surface area (TPSA) is 322 Å². The average Bonchev–Trinajstić information content (AvgIpc) is 1.67. The van der Waals surface area contributed by atoms with E-state index in [2.05, 4.69) is 151 Å². The number of hydrogen-bond donors (Lipinski definition) is 3. The molecular weight excluding hydrogens is 1840 g/mol. The van der Waals surface area contributed by atoms with Crippen molar-refractivity contribution in [1.29, 1.82) is 0 Å². The van der Waals surface area contributed by atoms with Crippen molar-refractivity contribution in [3.05, 3.63) is 286 Å². The number of aryl methyl sites for hydroxylation is 2. The van der Waals surface area contributed by atoms with Crippen molar-refractivity contribution in [3.8, 4) is 56.3 Å². The Bertz CT molecular complexity index is 8190. The maximum absolute atomic E-state index is 12.7. The molecule has 32 nitrogen and oxygen atoms in total. The molecule has 0 unspecified atom stereocenters. The quantitative estimate of drug-likeness (QED) is 0.0672. The van der Waals surface area contributed by atoms with Gasteiger partial charge in [-0.25, -0.2) is 48.9 Å². The molecule has 2 atom stereocenters. The number of hydrogen-bond acceptors (Lipinski definition) is 29. The van der Waals surface area contributed by atoms with Gasteiger partial charge in [0.25, 0.3) is 0 Å². The smallest absolute Gasteiger partial charge is 0.345 e. The fraction of sp³-hybridized carbons (Fsp3) is 0.282. The first-order chi connectivity index (χ1) is 67.4. The molecule has 139 heavy (non-hydrogen) atoms. The van der Waals surface area contributed by atoms with Crippen LogP contribution >= 0.6 is 45.9 Å². The summed E-state index contributed by atoms with van der Waals surface area (Å²) < 4.78 is 38.8. The molecule has 4 aliphatic heterocycles. The van der Waals surface area contributed by atoms with Crippen LogP contribution in [0.25, 0.3) is 138 Å². The maximum Gasteiger partial charge on any atom is 0.345 e. The Morgan fingerprint density at radius 3 is 1.35 bits per heavy atom. The van der Waals surface area contributed by atoms with Gasteiger partial charge in [0, 0.05) is 251 Å². The van der Waals surface area contributed by atoms with E-state index in [1.165, 1.54) is 22.7 Å². The third-order valence-corrected chi connectivity index (χ3v) is 27.5. The number of rotatable bonds is 14. The minimum atomic E-state index is -0.386. The number of imidazole rings is 5. The number of aromatic nitrogens is 12. The fourth-order valence-electron chi connectivity index (χ4n) is 18.1. The zero-order chi connectivity index (χ0) is 95.8. The number of nitrogens with zero attached hydrogens (tertiary/aromatic N) is 19. The molecule has 24 rings (SSSR count). The highest BCUT2D eigenvalue weighted by atomic mass is 35.5. The number of likely N-dealkylation sites (N-methyl/N-ethyl adjacent to an activating group) is 2. The summed E-state index contributed by atoms with van der Waals surface area (Å²) in [4.78, 5) is 112. The Kier molecular flexibility index (Phi) is 26.7. The van der Waals surface area contributed by atoms with Crippen molar-refractivity contribution in [1.82, 2.24) is 82.2 Å². The van der Waals surface area contributed by atoms with Gasteiger partial charge in [-0.1, -0.05) is 45.9 Å². The van der Waals surface area contributed by atoms with Crippen LogP contribution in [0.3, 0.4) is 0 Å². The normalized spacial score (nSPS) is 15.8. The lowest BCUT2D eigenvalue weighted by atomic mass is 10.1. The van der Waals surface area contributed by atoms with E-state index in [1.54, 1.807) is 49.6 Å². The zero-order valence-electron chi connectivity index (χ0n) is 77.9. The molecule has 36 heteroatoms. The number of fused-ring (bicyclic) bond motifs is 10. The third kappa shape index (κ3) is 20.8. The van der Waals surface area contributed by atoms with E-state index < -0.39 is 0 Å². The van der Waals surface area contributed by atoms with E-state index in [0.717, 1.165) is 206 Å². The number of piperazine rings is 2. The first kappa shape index (κ1) is 92.5. The predicted octanol–water partition coefficient (Wildman–Crippen LogP) is 16.6. The Morgan fingerprint density at radius 1 is 0.424 bits per heavy atom. The van der Waals surface area contributed by atoms with Crippen molar-refractivity contribution in [2.24, 2.45) is 0 Å². The Hall–Kier alpha value is -14.2. The molecule has 4 fully saturated rings. The molecule has 3 N–H and O–H groups in total. The van der Waals surface area contributed by atoms with Gasteiger partial charge < -0.3 is 85.5 Å². The van der Waals surface area contributed by atoms with Gasteiger partial charge in [0.2, 0.25) is 0 Å². The molecule has 20 aromatic rings. The van der Waals surface area contributed by atoms with Crippen LogP contribution in [0.1, 0.15) is 44.4 Å². The first-order valence-corrected chi connectivity index (χ1v) is 48.7. The van der Waals surface area contributed by atoms with Gasteiger partial charge in [0.05, 0.1) is 74.4 Å². The Morgan fingerprint density at radius 2 is 0.849 bits per heavy atom. The van der Waals surface area contributed by atoms with Gasteiger partial charge in [-0.15, -0.1) is 0 Å². The Labute approximate surface area is 814 Å². The summed E-state index contributed by atoms with van der Waals surface area (Å²) in [6.07, 6.45) is 26.6. The highest BCUT2D eigenvalue weighted by molar-refractivity contribution is 7.21. The van der Waals surface area contributed by atoms with Crippen molar-refractivity contribution in [3.63, 3.8) is 0 Å². The van der Waals surface area contributed by atoms with E-state index in [1.807, 2.05) is 176 Å². The molecule has 0 amide bonds. The highest BCUT2D eigenvalue weighted by Gasteiger charge is 2.26. The molecule has 5 aromatic carbocycles. The number of pyridine rings is 1. The number of halogens is 2. The van der Waals surface area contributed by atoms with Crippen LogP contribution in [0, 0.1) is 13.8 Å². The summed E-state index contributed by atoms with van der Waals surface area (Å²) in [6.45, 7) is 24.1. The van der Waals surface area contributed by atoms with Crippen LogP contribution in [0.2, 0.25) is 8.67 Å². The van der Waals surface area contributed by atoms with E-state index >= 15 is 0 Å². The van der Waals surface area contributed by atoms with Gasteiger partial charge in [0.15, 0.2) is 21.2 Å². The van der Waals surface area contributed by atoms with Crippen molar-refractivity contribution in [2.45, 2.75) is 59.0 Å². The van der Waals surface area contributed by atoms with Crippen LogP contribution in [-0.2, 0) is 0 Å². The molecule has 15 aromatic heterocycles. The molecule has 4 aliphatic rings. The second kappa shape index (κ2) is 40.1. The van der Waals surface area contributed by atoms with E-state index in [-0.39, 0.29) is 28.1 Å². The van der Waals surface area contributed by atoms with Gasteiger partial charge in [-0.3, -0.25) is 18.8 Å². The lowest BCUT2D eigenvalue weighted by Gasteiger charge is -2.37. The van der Waals surface area contributed by atoms with Gasteiger partial charge in [-0.2, -0.15) is 0 Å². The number of nitrogens with one attached hydrogen (secondary N) is 3. The number of benzene rings is 5. The van der Waals surface area contributed by atoms with Crippen molar-refractivity contribution >= 4 is 156 Å². The van der Waals surface area contributed by atoms with Gasteiger partial charge >= 0.3 is 28.1 Å². The lowest BCUT2D eigenvalue weighted by Crippen LogP contribution is -2.54. The third-order valence-electron chi connectivity index (χ3n) is 25.3. The van der Waals surface area contributed by atoms with E-state index in [4.69, 9.17) is 45.3 Å². The summed E-state index contributed by atoms with van der Waals surface area (Å²) in [5.74, 6) is 0. The van der Waals surface area contributed by atoms with Gasteiger partial charge in [0.1, 0.15) is 42.2 Å². The van der Waals surface area contributed by atoms with Crippen LogP contribution < -0.4 is 63.7 Å². The zero-order valence-corrected chi connectivity index (χ0v) is 81.1. The second-order valence-corrected chi connectivity index (χ2v) is 39.3. The number of anilines is 5. The molecular formula is C103H102Cl2N22O10S2. The van der Waals surface area contributed by atoms with Crippen LogP contribution in [0.4, 0.5) is 28.4 Å². The molecule has 19 heterocycles. The molecule has 0 saturated carbocycles. The summed E-state index contributed by atoms with van der Waals surface area (Å²) in [5, 5.41) is 14.7. The second-order valence-electron chi connectivity index (χ2n) is 36.0. The monoisotopic (exact) mass is 1940 g/mol. The number of thiazole rings is 2. The fourth-order valence-corrected chi connectivity index (χ4v) is 20.1. The van der Waals surface area contributed by atoms with Crippen LogP contribution in [0.5, 0.6) is 0 Å². The molecule has 0 spiro atoms. The molecule has 4 saturated heterocycles. The minimum absolute atomic E-state index is 0.377. The maximum atomic E-state index is 12.7. The average molecular weight is 1940 g/mol. The molecule has 0 radical (unpaired) electrons. The van der Waals surface area contributed by atoms with E-state index in [0.29, 0.717) is 116 Å². The minimum Gasteiger partial charge on any atom is -0.422 e. The summed E-state index contributed by atoms with van der Waals surface area (Å²) in [5.41, 5.74) is 15.9. The highest BCUT2D eigenvalue weighted by Crippen LogP contribution is 2.35. The first-order valence-electron chi connectivity index (χ1n) is 46.3. The standard InChI is InChI=1S/C22H24N4O2.2C21H21N5O2.C20H19ClN4O2S.C19H17ClN4O2S/c1-15-7-10-26-14-19(24-21(26)11-15)18-12-16-5-6-17(13-20(16)28-22(18)27)23-8-4-9-25(2)3;1-13-10-26(11-14(2)23-13)16-4-3-15-7-17(21(27)28-19(15)8-16)18-12-25-6-5-22-9-20(25)24-18;1-14-12-26-13-18(24-20(26)11-23-14)17-9-15-3-4-16(10-19(15)28-21(17)27)25-7-2-5-22-6-8-25;1-23-5-2-6-24(8-7-23)14-4-3-13-9-15(19(26)27-17(13)10-14)16-11-25-12-18(21)28-20(25)22-16;1-22-4-6-23(7-5-22)13-3-2-12-8-14(18(25)26-16(12)9-13)15-10-24-11-17(20)27-19(24)21-15/h5-7,10-14,23H,4,8-9H2,1-3H3;3-9,12-14,23H,10-11H2,1-2H3;3-4,9-13,22H,2,5-8H2,1H3;3-4,9-12H,2,5-8H2,1H3;2-3,8-11H,4-7H2,1H3/t;13-,14+;;;. The summed E-state index contributed by atoms with van der Waals surface area (Å²) in [6, 6.07) is 44.2. The molecule has 0 bridgehead atoms. The molecule has 0 aliphatic carbocycles. The molecule has 710 valence electrons. The SMILES string of the molecule is CN1CCCN(c2ccc3cc(-c4cn5cc(Cl)sc5n4)c(=O)oc3c2)CC1.CN1CCN(c2ccc3cc(-c4cn5cc(Cl)sc5n4)c(=O)oc3c2)CC1.C[C@@H]1CN(c2ccc3cc(-c4cn5ccncc5n4)c(=O)oc3c2)C[C@H](C)N1.Cc1ccn2cc(-c3cc4ccc(NCCCN(C)C)cc4oc3=O)nc2c1.Cc1cn2cc(-c3cc4ccc(N5CCCNCC5)cc4oc3=O)nc2cn1. The largest absolute Gasteiger partial charge is 0.422 e. The van der Waals surface area contributed by atoms with E-state index in [9.17, 15) is 24.0 Å². The predicted molar refractivity (Wildman–Crippen MR) is 554 cm³/mol. The van der Waals surface area contributed by atoms with Gasteiger partial charge in [-0.05, 0) is 203 Å². The van der Waals surface area contributed by atoms with Crippen molar-refractivity contribution < 1.29 is 22.1 Å². The van der Waals surface area contributed by atoms with Crippen LogP contribution in [0.15, 0.2) is 260 Å². The lowest BCUT2D eigenvalue weighted by molar-refractivity contribution is 0.313. The van der Waals surface area contributed by atoms with Crippen molar-refractivity contribution in [2.75, 3.05) is 158 Å². The summed E-state index contributed by atoms with van der Waals surface area (Å²) in [7, 11) is 8.41. The summed E-state index contributed by atoms with van der Waals surface area (Å²) >= 11 is 14.7. The Balaban J connectivity index is 0.000000107.